The van der Waals surface area contributed by atoms with Gasteiger partial charge >= 0.3 is 0 Å². The summed E-state index contributed by atoms with van der Waals surface area (Å²) in [7, 11) is 0. The molecule has 0 saturated heterocycles. The lowest BCUT2D eigenvalue weighted by molar-refractivity contribution is 0.775. The first-order valence-electron chi connectivity index (χ1n) is 7.73. The predicted molar refractivity (Wildman–Crippen MR) is 94.1 cm³/mol. The minimum absolute atomic E-state index is 0.269. The minimum Gasteiger partial charge on any atom is -0.378 e. The Kier molecular flexibility index (Phi) is 4.55. The van der Waals surface area contributed by atoms with Crippen molar-refractivity contribution in [2.45, 2.75) is 19.4 Å². The number of nitrogens with one attached hydrogen (secondary N) is 1. The summed E-state index contributed by atoms with van der Waals surface area (Å²) < 4.78 is 0. The molecule has 1 unspecified atom stereocenters. The lowest BCUT2D eigenvalue weighted by Gasteiger charge is -2.21. The molecule has 0 heterocycles. The number of benzene rings is 3. The van der Waals surface area contributed by atoms with E-state index >= 15 is 0 Å². The van der Waals surface area contributed by atoms with Gasteiger partial charge in [-0.25, -0.2) is 0 Å². The van der Waals surface area contributed by atoms with Gasteiger partial charge in [0.1, 0.15) is 0 Å². The Hall–Kier alpha value is -2.54. The van der Waals surface area contributed by atoms with Crippen molar-refractivity contribution in [1.29, 1.82) is 0 Å². The third kappa shape index (κ3) is 3.76. The summed E-state index contributed by atoms with van der Waals surface area (Å²) in [6.07, 6.45) is 0.971. The van der Waals surface area contributed by atoms with Gasteiger partial charge in [0, 0.05) is 5.69 Å². The van der Waals surface area contributed by atoms with Crippen LogP contribution in [0.1, 0.15) is 22.7 Å². The fraction of sp³-hybridized carbons (Fsp3) is 0.143. The lowest BCUT2D eigenvalue weighted by Crippen LogP contribution is -2.13. The van der Waals surface area contributed by atoms with E-state index in [4.69, 9.17) is 0 Å². The van der Waals surface area contributed by atoms with Crippen LogP contribution in [0.4, 0.5) is 5.69 Å². The highest BCUT2D eigenvalue weighted by Crippen LogP contribution is 2.24. The van der Waals surface area contributed by atoms with Gasteiger partial charge in [-0.2, -0.15) is 0 Å². The Bertz CT molecular complexity index is 704. The van der Waals surface area contributed by atoms with Gasteiger partial charge in [-0.3, -0.25) is 0 Å². The van der Waals surface area contributed by atoms with Crippen molar-refractivity contribution in [2.24, 2.45) is 0 Å². The Morgan fingerprint density at radius 3 is 2.14 bits per heavy atom. The van der Waals surface area contributed by atoms with Crippen molar-refractivity contribution in [3.63, 3.8) is 0 Å². The van der Waals surface area contributed by atoms with E-state index in [2.05, 4.69) is 97.2 Å². The first-order valence-corrected chi connectivity index (χ1v) is 7.73. The van der Waals surface area contributed by atoms with Gasteiger partial charge in [0.25, 0.3) is 0 Å². The maximum absolute atomic E-state index is 3.68. The minimum atomic E-state index is 0.269. The smallest absolute Gasteiger partial charge is 0.0554 e. The number of hydrogen-bond acceptors (Lipinski definition) is 1. The molecule has 0 aliphatic heterocycles. The van der Waals surface area contributed by atoms with Crippen LogP contribution >= 0.6 is 0 Å². The maximum Gasteiger partial charge on any atom is 0.0554 e. The molecule has 0 aliphatic rings. The molecule has 0 aromatic heterocycles. The molecular formula is C21H21N. The average Bonchev–Trinajstić information content (AvgIpc) is 2.56. The summed E-state index contributed by atoms with van der Waals surface area (Å²) in [5, 5.41) is 3.68. The average molecular weight is 287 g/mol. The third-order valence-electron chi connectivity index (χ3n) is 3.84. The summed E-state index contributed by atoms with van der Waals surface area (Å²) in [6, 6.07) is 30.1. The van der Waals surface area contributed by atoms with E-state index in [1.807, 2.05) is 0 Å². The molecule has 22 heavy (non-hydrogen) atoms. The van der Waals surface area contributed by atoms with E-state index < -0.39 is 0 Å². The van der Waals surface area contributed by atoms with Gasteiger partial charge in [-0.15, -0.1) is 0 Å². The summed E-state index contributed by atoms with van der Waals surface area (Å²) in [6.45, 7) is 2.12. The Labute approximate surface area is 132 Å². The second-order valence-electron chi connectivity index (χ2n) is 5.67. The maximum atomic E-state index is 3.68. The molecule has 0 bridgehead atoms. The van der Waals surface area contributed by atoms with E-state index in [-0.39, 0.29) is 6.04 Å². The molecule has 110 valence electrons. The molecule has 1 atom stereocenters. The molecule has 3 aromatic rings. The van der Waals surface area contributed by atoms with Gasteiger partial charge in [0.15, 0.2) is 0 Å². The van der Waals surface area contributed by atoms with Crippen molar-refractivity contribution >= 4 is 5.69 Å². The van der Waals surface area contributed by atoms with Crippen LogP contribution in [0, 0.1) is 6.92 Å². The number of aryl methyl sites for hydroxylation is 1. The van der Waals surface area contributed by atoms with Crippen LogP contribution in [0.5, 0.6) is 0 Å². The summed E-state index contributed by atoms with van der Waals surface area (Å²) in [5.41, 5.74) is 5.10. The lowest BCUT2D eigenvalue weighted by atomic mass is 9.98. The van der Waals surface area contributed by atoms with Gasteiger partial charge in [0.2, 0.25) is 0 Å². The van der Waals surface area contributed by atoms with Crippen LogP contribution in [-0.2, 0) is 6.42 Å². The van der Waals surface area contributed by atoms with Crippen LogP contribution in [0.3, 0.4) is 0 Å². The van der Waals surface area contributed by atoms with Gasteiger partial charge in [-0.05, 0) is 42.2 Å². The molecule has 0 amide bonds. The van der Waals surface area contributed by atoms with Crippen LogP contribution in [0.25, 0.3) is 0 Å². The van der Waals surface area contributed by atoms with Crippen molar-refractivity contribution in [1.82, 2.24) is 0 Å². The zero-order valence-corrected chi connectivity index (χ0v) is 12.9. The van der Waals surface area contributed by atoms with Gasteiger partial charge in [0.05, 0.1) is 6.04 Å². The van der Waals surface area contributed by atoms with Gasteiger partial charge < -0.3 is 5.32 Å². The van der Waals surface area contributed by atoms with E-state index in [9.17, 15) is 0 Å². The number of rotatable bonds is 5. The van der Waals surface area contributed by atoms with Crippen molar-refractivity contribution in [3.8, 4) is 0 Å². The molecule has 1 heteroatoms. The third-order valence-corrected chi connectivity index (χ3v) is 3.84. The highest BCUT2D eigenvalue weighted by Gasteiger charge is 2.12. The quantitative estimate of drug-likeness (QED) is 0.663. The zero-order chi connectivity index (χ0) is 15.2. The molecule has 0 saturated carbocycles. The molecule has 0 radical (unpaired) electrons. The second kappa shape index (κ2) is 6.95. The fourth-order valence-corrected chi connectivity index (χ4v) is 2.72. The Morgan fingerprint density at radius 2 is 1.45 bits per heavy atom. The molecule has 0 spiro atoms. The fourth-order valence-electron chi connectivity index (χ4n) is 2.72. The van der Waals surface area contributed by atoms with Crippen molar-refractivity contribution in [2.75, 3.05) is 5.32 Å². The number of hydrogen-bond donors (Lipinski definition) is 1. The molecule has 0 fully saturated rings. The SMILES string of the molecule is Cc1cccc(NC(Cc2ccccc2)c2ccccc2)c1. The molecule has 0 aliphatic carbocycles. The molecule has 1 N–H and O–H groups in total. The van der Waals surface area contributed by atoms with Crippen LogP contribution < -0.4 is 5.32 Å². The van der Waals surface area contributed by atoms with Crippen LogP contribution in [0.15, 0.2) is 84.9 Å². The van der Waals surface area contributed by atoms with Gasteiger partial charge in [-0.1, -0.05) is 72.8 Å². The van der Waals surface area contributed by atoms with E-state index in [1.54, 1.807) is 0 Å². The first-order chi connectivity index (χ1) is 10.8. The largest absolute Gasteiger partial charge is 0.378 e. The highest BCUT2D eigenvalue weighted by atomic mass is 14.9. The normalized spacial score (nSPS) is 11.9. The monoisotopic (exact) mass is 287 g/mol. The van der Waals surface area contributed by atoms with Crippen molar-refractivity contribution in [3.05, 3.63) is 102 Å². The highest BCUT2D eigenvalue weighted by molar-refractivity contribution is 5.48. The summed E-state index contributed by atoms with van der Waals surface area (Å²) in [4.78, 5) is 0. The van der Waals surface area contributed by atoms with Crippen molar-refractivity contribution < 1.29 is 0 Å². The van der Waals surface area contributed by atoms with E-state index in [0.29, 0.717) is 0 Å². The number of anilines is 1. The standard InChI is InChI=1S/C21H21N/c1-17-9-8-14-20(15-17)22-21(19-12-6-3-7-13-19)16-18-10-4-2-5-11-18/h2-15,21-22H,16H2,1H3. The topological polar surface area (TPSA) is 12.0 Å². The van der Waals surface area contributed by atoms with E-state index in [0.717, 1.165) is 6.42 Å². The summed E-state index contributed by atoms with van der Waals surface area (Å²) in [5.74, 6) is 0. The Morgan fingerprint density at radius 1 is 0.773 bits per heavy atom. The molecule has 3 rings (SSSR count). The summed E-state index contributed by atoms with van der Waals surface area (Å²) >= 11 is 0. The second-order valence-corrected chi connectivity index (χ2v) is 5.67. The Balaban J connectivity index is 1.86. The predicted octanol–water partition coefficient (Wildman–Crippen LogP) is 5.39. The van der Waals surface area contributed by atoms with E-state index in [1.165, 1.54) is 22.4 Å². The molecular weight excluding hydrogens is 266 g/mol. The molecule has 3 aromatic carbocycles. The zero-order valence-electron chi connectivity index (χ0n) is 12.9. The molecule has 1 nitrogen and oxygen atoms in total. The first kappa shape index (κ1) is 14.4. The van der Waals surface area contributed by atoms with Crippen LogP contribution in [0.2, 0.25) is 0 Å². The van der Waals surface area contributed by atoms with Crippen LogP contribution in [-0.4, -0.2) is 0 Å².